The molecule has 0 unspecified atom stereocenters. The maximum atomic E-state index is 12.2. The smallest absolute Gasteiger partial charge is 0.255 e. The highest BCUT2D eigenvalue weighted by molar-refractivity contribution is 7.91. The summed E-state index contributed by atoms with van der Waals surface area (Å²) >= 11 is 0. The minimum Gasteiger partial charge on any atom is -0.373 e. The summed E-state index contributed by atoms with van der Waals surface area (Å²) in [5, 5.41) is 2.88. The quantitative estimate of drug-likeness (QED) is 0.849. The molecule has 1 aromatic rings. The third-order valence-electron chi connectivity index (χ3n) is 3.11. The summed E-state index contributed by atoms with van der Waals surface area (Å²) < 4.78 is 23.0. The molecule has 1 N–H and O–H groups in total. The summed E-state index contributed by atoms with van der Waals surface area (Å²) in [6.45, 7) is 0.737. The van der Waals surface area contributed by atoms with Crippen LogP contribution in [0, 0.1) is 0 Å². The van der Waals surface area contributed by atoms with Gasteiger partial charge in [0.1, 0.15) is 5.82 Å². The lowest BCUT2D eigenvalue weighted by Gasteiger charge is -2.19. The molecule has 0 radical (unpaired) electrons. The number of aromatic nitrogens is 1. The van der Waals surface area contributed by atoms with E-state index in [1.54, 1.807) is 24.1 Å². The van der Waals surface area contributed by atoms with Crippen molar-refractivity contribution in [3.8, 4) is 0 Å². The number of sulfone groups is 1. The van der Waals surface area contributed by atoms with Crippen molar-refractivity contribution in [1.29, 1.82) is 0 Å². The standard InChI is InChI=1S/C12H17N3O3S/c1-13-11-4-3-10(9-14-11)12(16)15-5-2-7-19(17,18)8-6-15/h3-4,9H,2,5-8H2,1H3,(H,13,14). The van der Waals surface area contributed by atoms with Crippen LogP contribution in [0.5, 0.6) is 0 Å². The van der Waals surface area contributed by atoms with Gasteiger partial charge in [-0.2, -0.15) is 0 Å². The lowest BCUT2D eigenvalue weighted by atomic mass is 10.2. The van der Waals surface area contributed by atoms with Gasteiger partial charge in [-0.05, 0) is 18.6 Å². The summed E-state index contributed by atoms with van der Waals surface area (Å²) in [5.41, 5.74) is 0.485. The van der Waals surface area contributed by atoms with E-state index in [4.69, 9.17) is 0 Å². The summed E-state index contributed by atoms with van der Waals surface area (Å²) in [5.74, 6) is 0.733. The van der Waals surface area contributed by atoms with E-state index in [9.17, 15) is 13.2 Å². The molecular formula is C12H17N3O3S. The summed E-state index contributed by atoms with van der Waals surface area (Å²) in [6.07, 6.45) is 2.00. The fraction of sp³-hybridized carbons (Fsp3) is 0.500. The van der Waals surface area contributed by atoms with Gasteiger partial charge in [0.2, 0.25) is 0 Å². The molecule has 1 aromatic heterocycles. The van der Waals surface area contributed by atoms with Gasteiger partial charge in [-0.25, -0.2) is 13.4 Å². The van der Waals surface area contributed by atoms with E-state index < -0.39 is 9.84 Å². The van der Waals surface area contributed by atoms with Crippen LogP contribution in [-0.2, 0) is 9.84 Å². The van der Waals surface area contributed by atoms with Crippen molar-refractivity contribution >= 4 is 21.6 Å². The molecule has 0 atom stereocenters. The van der Waals surface area contributed by atoms with Gasteiger partial charge < -0.3 is 10.2 Å². The Labute approximate surface area is 112 Å². The van der Waals surface area contributed by atoms with Gasteiger partial charge in [-0.15, -0.1) is 0 Å². The predicted octanol–water partition coefficient (Wildman–Crippen LogP) is 0.384. The van der Waals surface area contributed by atoms with Crippen molar-refractivity contribution < 1.29 is 13.2 Å². The summed E-state index contributed by atoms with van der Waals surface area (Å²) in [7, 11) is -1.24. The van der Waals surface area contributed by atoms with Crippen LogP contribution in [0.15, 0.2) is 18.3 Å². The van der Waals surface area contributed by atoms with E-state index in [0.29, 0.717) is 24.3 Å². The Bertz CT molecular complexity index is 554. The van der Waals surface area contributed by atoms with Crippen molar-refractivity contribution in [2.75, 3.05) is 37.0 Å². The van der Waals surface area contributed by atoms with Crippen LogP contribution >= 0.6 is 0 Å². The second-order valence-electron chi connectivity index (χ2n) is 4.48. The van der Waals surface area contributed by atoms with Crippen LogP contribution in [0.2, 0.25) is 0 Å². The normalized spacial score (nSPS) is 18.7. The highest BCUT2D eigenvalue weighted by Crippen LogP contribution is 2.11. The van der Waals surface area contributed by atoms with Gasteiger partial charge >= 0.3 is 0 Å². The number of hydrogen-bond donors (Lipinski definition) is 1. The van der Waals surface area contributed by atoms with E-state index in [0.717, 1.165) is 0 Å². The van der Waals surface area contributed by atoms with Gasteiger partial charge in [0, 0.05) is 26.3 Å². The number of rotatable bonds is 2. The molecule has 0 saturated carbocycles. The molecule has 7 heteroatoms. The van der Waals surface area contributed by atoms with E-state index in [1.165, 1.54) is 6.20 Å². The molecule has 1 saturated heterocycles. The first kappa shape index (κ1) is 13.8. The molecule has 2 rings (SSSR count). The van der Waals surface area contributed by atoms with E-state index in [2.05, 4.69) is 10.3 Å². The molecule has 2 heterocycles. The van der Waals surface area contributed by atoms with Crippen LogP contribution in [-0.4, -0.2) is 55.9 Å². The maximum absolute atomic E-state index is 12.2. The number of hydrogen-bond acceptors (Lipinski definition) is 5. The first-order valence-corrected chi connectivity index (χ1v) is 7.97. The van der Waals surface area contributed by atoms with Crippen molar-refractivity contribution in [1.82, 2.24) is 9.88 Å². The Morgan fingerprint density at radius 2 is 2.11 bits per heavy atom. The number of carbonyl (C=O) groups excluding carboxylic acids is 1. The number of nitrogens with zero attached hydrogens (tertiary/aromatic N) is 2. The molecule has 104 valence electrons. The average Bonchev–Trinajstić information content (AvgIpc) is 2.59. The molecule has 1 amide bonds. The topological polar surface area (TPSA) is 79.4 Å². The lowest BCUT2D eigenvalue weighted by Crippen LogP contribution is -2.33. The third-order valence-corrected chi connectivity index (χ3v) is 4.82. The Kier molecular flexibility index (Phi) is 4.04. The SMILES string of the molecule is CNc1ccc(C(=O)N2CCCS(=O)(=O)CC2)cn1. The summed E-state index contributed by atoms with van der Waals surface area (Å²) in [4.78, 5) is 17.9. The van der Waals surface area contributed by atoms with E-state index >= 15 is 0 Å². The third kappa shape index (κ3) is 3.44. The Balaban J connectivity index is 2.10. The van der Waals surface area contributed by atoms with Crippen LogP contribution in [0.25, 0.3) is 0 Å². The zero-order chi connectivity index (χ0) is 13.9. The monoisotopic (exact) mass is 283 g/mol. The number of carbonyl (C=O) groups is 1. The molecular weight excluding hydrogens is 266 g/mol. The second kappa shape index (κ2) is 5.56. The van der Waals surface area contributed by atoms with E-state index in [-0.39, 0.29) is 24.0 Å². The molecule has 0 aliphatic carbocycles. The highest BCUT2D eigenvalue weighted by atomic mass is 32.2. The first-order valence-electron chi connectivity index (χ1n) is 6.15. The lowest BCUT2D eigenvalue weighted by molar-refractivity contribution is 0.0768. The first-order chi connectivity index (χ1) is 9.02. The molecule has 0 bridgehead atoms. The average molecular weight is 283 g/mol. The van der Waals surface area contributed by atoms with Crippen LogP contribution in [0.3, 0.4) is 0 Å². The fourth-order valence-electron chi connectivity index (χ4n) is 1.99. The Morgan fingerprint density at radius 3 is 2.74 bits per heavy atom. The molecule has 0 aromatic carbocycles. The minimum absolute atomic E-state index is 0.0424. The van der Waals surface area contributed by atoms with Crippen molar-refractivity contribution in [2.24, 2.45) is 0 Å². The molecule has 1 fully saturated rings. The van der Waals surface area contributed by atoms with Crippen molar-refractivity contribution in [3.63, 3.8) is 0 Å². The molecule has 19 heavy (non-hydrogen) atoms. The number of pyridine rings is 1. The van der Waals surface area contributed by atoms with Crippen LogP contribution < -0.4 is 5.32 Å². The van der Waals surface area contributed by atoms with Crippen LogP contribution in [0.1, 0.15) is 16.8 Å². The zero-order valence-electron chi connectivity index (χ0n) is 10.8. The van der Waals surface area contributed by atoms with Crippen LogP contribution in [0.4, 0.5) is 5.82 Å². The molecule has 6 nitrogen and oxygen atoms in total. The molecule has 1 aliphatic heterocycles. The van der Waals surface area contributed by atoms with Gasteiger partial charge in [0.25, 0.3) is 5.91 Å². The van der Waals surface area contributed by atoms with Crippen molar-refractivity contribution in [3.05, 3.63) is 23.9 Å². The van der Waals surface area contributed by atoms with Gasteiger partial charge in [0.15, 0.2) is 9.84 Å². The van der Waals surface area contributed by atoms with E-state index in [1.807, 2.05) is 0 Å². The minimum atomic E-state index is -3.00. The van der Waals surface area contributed by atoms with Gasteiger partial charge in [0.05, 0.1) is 17.1 Å². The predicted molar refractivity (Wildman–Crippen MR) is 73.0 cm³/mol. The Hall–Kier alpha value is -1.63. The Morgan fingerprint density at radius 1 is 1.32 bits per heavy atom. The molecule has 0 spiro atoms. The maximum Gasteiger partial charge on any atom is 0.255 e. The molecule has 1 aliphatic rings. The fourth-order valence-corrected chi connectivity index (χ4v) is 3.26. The van der Waals surface area contributed by atoms with Gasteiger partial charge in [-0.1, -0.05) is 0 Å². The largest absolute Gasteiger partial charge is 0.373 e. The zero-order valence-corrected chi connectivity index (χ0v) is 11.6. The number of amides is 1. The second-order valence-corrected chi connectivity index (χ2v) is 6.78. The number of nitrogens with one attached hydrogen (secondary N) is 1. The highest BCUT2D eigenvalue weighted by Gasteiger charge is 2.23. The summed E-state index contributed by atoms with van der Waals surface area (Å²) in [6, 6.07) is 3.42. The van der Waals surface area contributed by atoms with Gasteiger partial charge in [-0.3, -0.25) is 4.79 Å². The number of anilines is 1. The van der Waals surface area contributed by atoms with Crippen molar-refractivity contribution in [2.45, 2.75) is 6.42 Å².